The third-order valence-electron chi connectivity index (χ3n) is 5.34. The Morgan fingerprint density at radius 1 is 1.48 bits per heavy atom. The second-order valence-corrected chi connectivity index (χ2v) is 7.71. The Balaban J connectivity index is 1.84. The van der Waals surface area contributed by atoms with Crippen molar-refractivity contribution in [3.8, 4) is 0 Å². The van der Waals surface area contributed by atoms with Gasteiger partial charge >= 0.3 is 0 Å². The molecule has 0 aromatic carbocycles. The maximum absolute atomic E-state index is 12.1. The summed E-state index contributed by atoms with van der Waals surface area (Å²) >= 11 is 1.73. The molecule has 0 saturated carbocycles. The van der Waals surface area contributed by atoms with Crippen molar-refractivity contribution in [2.75, 3.05) is 13.6 Å². The molecule has 3 rings (SSSR count). The monoisotopic (exact) mass is 307 g/mol. The standard InChI is InChI=1S/C16H25N3OS/c1-12-17-13(11-21-12)10-19-9-5-4-8-16(2)14(19)6-7-15(20)18(16)3/h11,14H,4-10H2,1-3H3/t14-,16-/m0/s1. The summed E-state index contributed by atoms with van der Waals surface area (Å²) in [5, 5.41) is 3.31. The van der Waals surface area contributed by atoms with Gasteiger partial charge in [0.05, 0.1) is 16.2 Å². The summed E-state index contributed by atoms with van der Waals surface area (Å²) in [4.78, 5) is 21.4. The number of aryl methyl sites for hydroxylation is 1. The van der Waals surface area contributed by atoms with Crippen molar-refractivity contribution in [2.24, 2.45) is 0 Å². The van der Waals surface area contributed by atoms with Crippen LogP contribution in [0.4, 0.5) is 0 Å². The fourth-order valence-corrected chi connectivity index (χ4v) is 4.59. The van der Waals surface area contributed by atoms with Crippen molar-refractivity contribution in [3.05, 3.63) is 16.1 Å². The summed E-state index contributed by atoms with van der Waals surface area (Å²) in [6.45, 7) is 6.39. The van der Waals surface area contributed by atoms with Crippen LogP contribution >= 0.6 is 11.3 Å². The van der Waals surface area contributed by atoms with E-state index in [2.05, 4.69) is 29.1 Å². The zero-order valence-electron chi connectivity index (χ0n) is 13.3. The normalized spacial score (nSPS) is 31.1. The van der Waals surface area contributed by atoms with Crippen LogP contribution < -0.4 is 0 Å². The number of nitrogens with zero attached hydrogens (tertiary/aromatic N) is 3. The molecule has 0 aliphatic carbocycles. The third kappa shape index (κ3) is 2.73. The minimum atomic E-state index is -0.0170. The highest BCUT2D eigenvalue weighted by atomic mass is 32.1. The number of carbonyl (C=O) groups excluding carboxylic acids is 1. The predicted octanol–water partition coefficient (Wildman–Crippen LogP) is 2.82. The Morgan fingerprint density at radius 2 is 2.29 bits per heavy atom. The zero-order valence-corrected chi connectivity index (χ0v) is 14.1. The zero-order chi connectivity index (χ0) is 15.0. The third-order valence-corrected chi connectivity index (χ3v) is 6.16. The van der Waals surface area contributed by atoms with Crippen LogP contribution in [0.3, 0.4) is 0 Å². The maximum Gasteiger partial charge on any atom is 0.222 e. The highest BCUT2D eigenvalue weighted by Crippen LogP contribution is 2.38. The Hall–Kier alpha value is -0.940. The van der Waals surface area contributed by atoms with E-state index in [1.54, 1.807) is 11.3 Å². The minimum Gasteiger partial charge on any atom is -0.339 e. The van der Waals surface area contributed by atoms with Crippen molar-refractivity contribution >= 4 is 17.2 Å². The average molecular weight is 307 g/mol. The van der Waals surface area contributed by atoms with E-state index in [1.807, 2.05) is 11.9 Å². The van der Waals surface area contributed by atoms with Crippen molar-refractivity contribution in [1.82, 2.24) is 14.8 Å². The van der Waals surface area contributed by atoms with Gasteiger partial charge in [-0.05, 0) is 46.1 Å². The molecule has 1 aromatic heterocycles. The number of aromatic nitrogens is 1. The number of likely N-dealkylation sites (N-methyl/N-ethyl adjacent to an activating group) is 1. The average Bonchev–Trinajstić information content (AvgIpc) is 2.78. The number of amides is 1. The van der Waals surface area contributed by atoms with Gasteiger partial charge in [-0.15, -0.1) is 11.3 Å². The molecule has 3 heterocycles. The van der Waals surface area contributed by atoms with Gasteiger partial charge in [-0.1, -0.05) is 0 Å². The first-order valence-electron chi connectivity index (χ1n) is 7.92. The van der Waals surface area contributed by atoms with Crippen molar-refractivity contribution in [3.63, 3.8) is 0 Å². The Morgan fingerprint density at radius 3 is 3.00 bits per heavy atom. The highest BCUT2D eigenvalue weighted by Gasteiger charge is 2.47. The van der Waals surface area contributed by atoms with Crippen LogP contribution in [0.25, 0.3) is 0 Å². The van der Waals surface area contributed by atoms with Gasteiger partial charge in [0, 0.05) is 31.4 Å². The first-order valence-corrected chi connectivity index (χ1v) is 8.80. The van der Waals surface area contributed by atoms with Crippen molar-refractivity contribution in [2.45, 2.75) is 64.1 Å². The Bertz CT molecular complexity index is 529. The number of hydrogen-bond donors (Lipinski definition) is 0. The lowest BCUT2D eigenvalue weighted by molar-refractivity contribution is -0.144. The molecule has 116 valence electrons. The van der Waals surface area contributed by atoms with Gasteiger partial charge in [0.2, 0.25) is 5.91 Å². The molecule has 2 aliphatic rings. The number of piperidine rings is 1. The lowest BCUT2D eigenvalue weighted by Gasteiger charge is -2.51. The molecule has 2 atom stereocenters. The van der Waals surface area contributed by atoms with Crippen LogP contribution in [0.2, 0.25) is 0 Å². The van der Waals surface area contributed by atoms with E-state index >= 15 is 0 Å². The molecule has 2 fully saturated rings. The maximum atomic E-state index is 12.1. The molecule has 1 amide bonds. The molecule has 0 unspecified atom stereocenters. The smallest absolute Gasteiger partial charge is 0.222 e. The molecule has 2 saturated heterocycles. The van der Waals surface area contributed by atoms with Gasteiger partial charge in [-0.25, -0.2) is 4.98 Å². The SMILES string of the molecule is Cc1nc(CN2CCCC[C@@]3(C)[C@@H]2CCC(=O)N3C)cs1. The van der Waals surface area contributed by atoms with E-state index in [9.17, 15) is 4.79 Å². The van der Waals surface area contributed by atoms with Crippen LogP contribution in [0.5, 0.6) is 0 Å². The molecule has 0 spiro atoms. The summed E-state index contributed by atoms with van der Waals surface area (Å²) < 4.78 is 0. The lowest BCUT2D eigenvalue weighted by Crippen LogP contribution is -2.63. The Labute approximate surface area is 131 Å². The molecule has 0 N–H and O–H groups in total. The number of carbonyl (C=O) groups is 1. The second kappa shape index (κ2) is 5.69. The number of rotatable bonds is 2. The van der Waals surface area contributed by atoms with Crippen molar-refractivity contribution < 1.29 is 4.79 Å². The number of likely N-dealkylation sites (tertiary alicyclic amines) is 2. The first-order chi connectivity index (χ1) is 10.0. The number of thiazole rings is 1. The van der Waals surface area contributed by atoms with Gasteiger partial charge < -0.3 is 4.90 Å². The van der Waals surface area contributed by atoms with E-state index in [-0.39, 0.29) is 5.54 Å². The topological polar surface area (TPSA) is 36.4 Å². The molecular weight excluding hydrogens is 282 g/mol. The van der Waals surface area contributed by atoms with Crippen LogP contribution in [0.15, 0.2) is 5.38 Å². The summed E-state index contributed by atoms with van der Waals surface area (Å²) in [6.07, 6.45) is 5.22. The van der Waals surface area contributed by atoms with Gasteiger partial charge in [0.15, 0.2) is 0 Å². The number of hydrogen-bond acceptors (Lipinski definition) is 4. The number of fused-ring (bicyclic) bond motifs is 1. The summed E-state index contributed by atoms with van der Waals surface area (Å²) in [5.74, 6) is 0.306. The predicted molar refractivity (Wildman–Crippen MR) is 85.3 cm³/mol. The largest absolute Gasteiger partial charge is 0.339 e. The van der Waals surface area contributed by atoms with Crippen molar-refractivity contribution in [1.29, 1.82) is 0 Å². The molecule has 0 radical (unpaired) electrons. The molecule has 1 aromatic rings. The quantitative estimate of drug-likeness (QED) is 0.843. The molecule has 5 heteroatoms. The van der Waals surface area contributed by atoms with Crippen LogP contribution in [0, 0.1) is 6.92 Å². The fourth-order valence-electron chi connectivity index (χ4n) is 3.99. The van der Waals surface area contributed by atoms with Crippen LogP contribution in [-0.4, -0.2) is 45.9 Å². The van der Waals surface area contributed by atoms with Crippen LogP contribution in [-0.2, 0) is 11.3 Å². The molecule has 4 nitrogen and oxygen atoms in total. The van der Waals surface area contributed by atoms with E-state index < -0.39 is 0 Å². The second-order valence-electron chi connectivity index (χ2n) is 6.65. The van der Waals surface area contributed by atoms with E-state index in [1.165, 1.54) is 18.5 Å². The minimum absolute atomic E-state index is 0.0170. The highest BCUT2D eigenvalue weighted by molar-refractivity contribution is 7.09. The summed E-state index contributed by atoms with van der Waals surface area (Å²) in [5.41, 5.74) is 1.16. The molecule has 0 bridgehead atoms. The van der Waals surface area contributed by atoms with E-state index in [4.69, 9.17) is 0 Å². The molecular formula is C16H25N3OS. The lowest BCUT2D eigenvalue weighted by atomic mass is 9.80. The van der Waals surface area contributed by atoms with Gasteiger partial charge in [-0.3, -0.25) is 9.69 Å². The van der Waals surface area contributed by atoms with E-state index in [0.717, 1.165) is 30.9 Å². The summed E-state index contributed by atoms with van der Waals surface area (Å²) in [6, 6.07) is 0.463. The van der Waals surface area contributed by atoms with E-state index in [0.29, 0.717) is 18.4 Å². The summed E-state index contributed by atoms with van der Waals surface area (Å²) in [7, 11) is 1.99. The molecule has 2 aliphatic heterocycles. The van der Waals surface area contributed by atoms with Crippen LogP contribution in [0.1, 0.15) is 49.7 Å². The first kappa shape index (κ1) is 15.0. The fraction of sp³-hybridized carbons (Fsp3) is 0.750. The molecule has 21 heavy (non-hydrogen) atoms. The van der Waals surface area contributed by atoms with Gasteiger partial charge in [0.1, 0.15) is 0 Å². The van der Waals surface area contributed by atoms with Gasteiger partial charge in [-0.2, -0.15) is 0 Å². The van der Waals surface area contributed by atoms with Gasteiger partial charge in [0.25, 0.3) is 0 Å². The Kier molecular flexibility index (Phi) is 4.06.